The lowest BCUT2D eigenvalue weighted by molar-refractivity contribution is 0.0575. The third-order valence-corrected chi connectivity index (χ3v) is 14.6. The molecule has 1 saturated carbocycles. The SMILES string of the molecule is CC(C)(C)OC(=O)N1C[C@](C)(CO[Si](C)(C)C(C)(C)C)c2cc(-c3ccnc(Nc4cc5c(nc4OCC4CC4)CCOC5)n3)cc(C#N)c21. The summed E-state index contributed by atoms with van der Waals surface area (Å²) in [7, 11) is -2.15. The molecule has 2 aromatic heterocycles. The van der Waals surface area contributed by atoms with Crippen molar-refractivity contribution in [2.75, 3.05) is 36.6 Å². The molecule has 0 spiro atoms. The molecule has 3 aliphatic rings. The summed E-state index contributed by atoms with van der Waals surface area (Å²) in [5.74, 6) is 1.48. The number of rotatable bonds is 9. The zero-order valence-electron chi connectivity index (χ0n) is 30.9. The van der Waals surface area contributed by atoms with Crippen molar-refractivity contribution >= 4 is 31.7 Å². The van der Waals surface area contributed by atoms with Crippen LogP contribution in [0, 0.1) is 17.2 Å². The first-order valence-electron chi connectivity index (χ1n) is 17.5. The third kappa shape index (κ3) is 7.65. The molecule has 2 aliphatic heterocycles. The summed E-state index contributed by atoms with van der Waals surface area (Å²) in [6, 6.07) is 10.0. The average molecular weight is 699 g/mol. The van der Waals surface area contributed by atoms with Crippen molar-refractivity contribution in [3.63, 3.8) is 0 Å². The van der Waals surface area contributed by atoms with Gasteiger partial charge in [-0.25, -0.2) is 19.7 Å². The minimum atomic E-state index is -2.15. The number of nitrogens with one attached hydrogen (secondary N) is 1. The number of nitriles is 1. The van der Waals surface area contributed by atoms with Crippen LogP contribution in [0.15, 0.2) is 30.5 Å². The van der Waals surface area contributed by atoms with Gasteiger partial charge in [0, 0.05) is 42.3 Å². The normalized spacial score (nSPS) is 19.0. The maximum Gasteiger partial charge on any atom is 0.414 e. The van der Waals surface area contributed by atoms with Crippen LogP contribution in [-0.4, -0.2) is 61.3 Å². The molecule has 4 heterocycles. The van der Waals surface area contributed by atoms with Gasteiger partial charge in [0.05, 0.1) is 42.5 Å². The van der Waals surface area contributed by atoms with E-state index >= 15 is 0 Å². The van der Waals surface area contributed by atoms with E-state index in [1.54, 1.807) is 17.2 Å². The number of fused-ring (bicyclic) bond motifs is 2. The molecule has 0 saturated heterocycles. The lowest BCUT2D eigenvalue weighted by Crippen LogP contribution is -2.46. The monoisotopic (exact) mass is 698 g/mol. The Balaban J connectivity index is 1.37. The number of aromatic nitrogens is 3. The lowest BCUT2D eigenvalue weighted by Gasteiger charge is -2.39. The Labute approximate surface area is 296 Å². The van der Waals surface area contributed by atoms with Gasteiger partial charge in [0.2, 0.25) is 11.8 Å². The Morgan fingerprint density at radius 3 is 2.60 bits per heavy atom. The molecule has 11 nitrogen and oxygen atoms in total. The minimum absolute atomic E-state index is 0.00305. The quantitative estimate of drug-likeness (QED) is 0.219. The zero-order chi connectivity index (χ0) is 36.1. The first kappa shape index (κ1) is 35.8. The van der Waals surface area contributed by atoms with Crippen LogP contribution in [0.4, 0.5) is 22.1 Å². The van der Waals surface area contributed by atoms with E-state index < -0.39 is 25.4 Å². The molecule has 0 bridgehead atoms. The smallest absolute Gasteiger partial charge is 0.414 e. The Kier molecular flexibility index (Phi) is 9.48. The fourth-order valence-electron chi connectivity index (χ4n) is 5.93. The van der Waals surface area contributed by atoms with Crippen molar-refractivity contribution in [2.24, 2.45) is 5.92 Å². The Bertz CT molecular complexity index is 1820. The maximum atomic E-state index is 13.6. The number of carbonyl (C=O) groups is 1. The van der Waals surface area contributed by atoms with Crippen LogP contribution in [0.25, 0.3) is 11.3 Å². The molecule has 266 valence electrons. The van der Waals surface area contributed by atoms with Crippen molar-refractivity contribution in [2.45, 2.75) is 103 Å². The van der Waals surface area contributed by atoms with Crippen molar-refractivity contribution in [1.29, 1.82) is 5.26 Å². The summed E-state index contributed by atoms with van der Waals surface area (Å²) in [6.07, 6.45) is 4.30. The Morgan fingerprint density at radius 2 is 1.92 bits per heavy atom. The van der Waals surface area contributed by atoms with Crippen LogP contribution in [0.2, 0.25) is 18.1 Å². The van der Waals surface area contributed by atoms with Gasteiger partial charge in [-0.05, 0) is 87.5 Å². The van der Waals surface area contributed by atoms with E-state index in [1.165, 1.54) is 12.8 Å². The van der Waals surface area contributed by atoms with Crippen molar-refractivity contribution in [3.8, 4) is 23.2 Å². The average Bonchev–Trinajstić information content (AvgIpc) is 3.83. The van der Waals surface area contributed by atoms with Crippen LogP contribution in [0.3, 0.4) is 0 Å². The summed E-state index contributed by atoms with van der Waals surface area (Å²) in [4.78, 5) is 29.5. The predicted molar refractivity (Wildman–Crippen MR) is 195 cm³/mol. The molecule has 1 amide bonds. The molecular weight excluding hydrogens is 649 g/mol. The Morgan fingerprint density at radius 1 is 1.16 bits per heavy atom. The van der Waals surface area contributed by atoms with Crippen LogP contribution >= 0.6 is 0 Å². The molecule has 1 aromatic carbocycles. The summed E-state index contributed by atoms with van der Waals surface area (Å²) < 4.78 is 24.5. The van der Waals surface area contributed by atoms with E-state index in [0.29, 0.717) is 73.4 Å². The Hall–Kier alpha value is -4.05. The highest BCUT2D eigenvalue weighted by Crippen LogP contribution is 2.47. The highest BCUT2D eigenvalue weighted by molar-refractivity contribution is 6.74. The molecule has 6 rings (SSSR count). The van der Waals surface area contributed by atoms with Crippen LogP contribution in [0.5, 0.6) is 5.88 Å². The summed E-state index contributed by atoms with van der Waals surface area (Å²) in [5.41, 5.74) is 4.50. The van der Waals surface area contributed by atoms with Crippen LogP contribution in [-0.2, 0) is 32.3 Å². The highest BCUT2D eigenvalue weighted by Gasteiger charge is 2.47. The number of nitrogens with zero attached hydrogens (tertiary/aromatic N) is 5. The van der Waals surface area contributed by atoms with E-state index in [4.69, 9.17) is 28.6 Å². The number of hydrogen-bond donors (Lipinski definition) is 1. The lowest BCUT2D eigenvalue weighted by atomic mass is 9.83. The number of amides is 1. The van der Waals surface area contributed by atoms with Gasteiger partial charge in [0.1, 0.15) is 17.4 Å². The van der Waals surface area contributed by atoms with E-state index in [9.17, 15) is 10.1 Å². The second-order valence-electron chi connectivity index (χ2n) is 16.6. The number of carbonyl (C=O) groups excluding carboxylic acids is 1. The van der Waals surface area contributed by atoms with Crippen LogP contribution in [0.1, 0.15) is 83.7 Å². The van der Waals surface area contributed by atoms with Gasteiger partial charge < -0.3 is 24.0 Å². The highest BCUT2D eigenvalue weighted by atomic mass is 28.4. The number of hydrogen-bond acceptors (Lipinski definition) is 10. The predicted octanol–water partition coefficient (Wildman–Crippen LogP) is 8.05. The zero-order valence-corrected chi connectivity index (χ0v) is 31.9. The second kappa shape index (κ2) is 13.2. The van der Waals surface area contributed by atoms with Gasteiger partial charge in [0.15, 0.2) is 8.32 Å². The van der Waals surface area contributed by atoms with Crippen molar-refractivity contribution < 1.29 is 23.4 Å². The number of benzene rings is 1. The number of pyridine rings is 1. The largest absolute Gasteiger partial charge is 0.476 e. The van der Waals surface area contributed by atoms with Crippen molar-refractivity contribution in [1.82, 2.24) is 15.0 Å². The van der Waals surface area contributed by atoms with E-state index in [2.05, 4.69) is 57.2 Å². The molecule has 3 aromatic rings. The fraction of sp³-hybridized carbons (Fsp3) is 0.553. The third-order valence-electron chi connectivity index (χ3n) is 10.1. The molecule has 50 heavy (non-hydrogen) atoms. The van der Waals surface area contributed by atoms with Gasteiger partial charge in [-0.2, -0.15) is 5.26 Å². The minimum Gasteiger partial charge on any atom is -0.476 e. The van der Waals surface area contributed by atoms with Gasteiger partial charge in [0.25, 0.3) is 0 Å². The number of anilines is 3. The summed E-state index contributed by atoms with van der Waals surface area (Å²) in [6.45, 7) is 21.1. The summed E-state index contributed by atoms with van der Waals surface area (Å²) >= 11 is 0. The number of ether oxygens (including phenoxy) is 3. The molecule has 1 N–H and O–H groups in total. The topological polar surface area (TPSA) is 132 Å². The first-order chi connectivity index (χ1) is 23.5. The molecular formula is C38H50N6O5Si. The van der Waals surface area contributed by atoms with Gasteiger partial charge >= 0.3 is 6.09 Å². The van der Waals surface area contributed by atoms with E-state index in [1.807, 2.05) is 39.0 Å². The first-order valence-corrected chi connectivity index (χ1v) is 20.4. The van der Waals surface area contributed by atoms with E-state index in [-0.39, 0.29) is 5.04 Å². The standard InChI is InChI=1S/C38H50N6O5Si/c1-36(2,3)49-35(45)44-22-38(7,23-48-50(8,9)37(4,5)6)28-17-25(16-26(19-39)32(28)44)29-12-14-40-34(42-29)43-31-18-27-21-46-15-13-30(27)41-33(31)47-20-24-10-11-24/h12,14,16-18,24H,10-11,13,15,20-23H2,1-9H3,(H,40,42,43)/t38-/m1/s1. The maximum absolute atomic E-state index is 13.6. The van der Waals surface area contributed by atoms with Crippen molar-refractivity contribution in [3.05, 3.63) is 52.8 Å². The molecule has 1 atom stereocenters. The van der Waals surface area contributed by atoms with Gasteiger partial charge in [-0.1, -0.05) is 27.7 Å². The summed E-state index contributed by atoms with van der Waals surface area (Å²) in [5, 5.41) is 13.8. The molecule has 1 fully saturated rings. The molecule has 0 radical (unpaired) electrons. The van der Waals surface area contributed by atoms with E-state index in [0.717, 1.165) is 28.8 Å². The van der Waals surface area contributed by atoms with Crippen LogP contribution < -0.4 is 15.0 Å². The van der Waals surface area contributed by atoms with Gasteiger partial charge in [-0.3, -0.25) is 4.90 Å². The molecule has 12 heteroatoms. The fourth-order valence-corrected chi connectivity index (χ4v) is 7.04. The molecule has 0 unspecified atom stereocenters. The van der Waals surface area contributed by atoms with Gasteiger partial charge in [-0.15, -0.1) is 0 Å². The second-order valence-corrected chi connectivity index (χ2v) is 21.4. The molecule has 1 aliphatic carbocycles.